The van der Waals surface area contributed by atoms with Crippen LogP contribution in [0.15, 0.2) is 65.7 Å². The molecule has 132 valence electrons. The van der Waals surface area contributed by atoms with Crippen LogP contribution in [0.1, 0.15) is 56.6 Å². The zero-order valence-electron chi connectivity index (χ0n) is 15.4. The van der Waals surface area contributed by atoms with Crippen molar-refractivity contribution in [1.29, 1.82) is 0 Å². The number of nitrogens with zero attached hydrogens (tertiary/aromatic N) is 1. The van der Waals surface area contributed by atoms with Crippen molar-refractivity contribution in [3.8, 4) is 0 Å². The molecule has 0 radical (unpaired) electrons. The van der Waals surface area contributed by atoms with Gasteiger partial charge in [-0.3, -0.25) is 0 Å². The van der Waals surface area contributed by atoms with Crippen LogP contribution in [0.2, 0.25) is 0 Å². The molecule has 1 aliphatic heterocycles. The molecule has 1 unspecified atom stereocenters. The van der Waals surface area contributed by atoms with Crippen LogP contribution in [0.25, 0.3) is 0 Å². The highest BCUT2D eigenvalue weighted by Gasteiger charge is 2.31. The fourth-order valence-electron chi connectivity index (χ4n) is 3.41. The quantitative estimate of drug-likeness (QED) is 0.560. The lowest BCUT2D eigenvalue weighted by Crippen LogP contribution is -2.17. The normalized spacial score (nSPS) is 17.0. The second-order valence-corrected chi connectivity index (χ2v) is 7.60. The molecule has 0 fully saturated rings. The number of aryl methyl sites for hydroxylation is 1. The number of ether oxygens (including phenoxy) is 1. The minimum absolute atomic E-state index is 0.0876. The average Bonchev–Trinajstić information content (AvgIpc) is 2.99. The molecular formula is C23H29NO. The van der Waals surface area contributed by atoms with Gasteiger partial charge in [-0.25, -0.2) is 4.99 Å². The lowest BCUT2D eigenvalue weighted by atomic mass is 9.92. The Balaban J connectivity index is 1.55. The molecule has 2 aromatic carbocycles. The van der Waals surface area contributed by atoms with Crippen LogP contribution >= 0.6 is 0 Å². The first-order valence-electron chi connectivity index (χ1n) is 9.45. The smallest absolute Gasteiger partial charge is 0.191 e. The molecule has 0 spiro atoms. The summed E-state index contributed by atoms with van der Waals surface area (Å²) in [6.07, 6.45) is 5.96. The molecule has 2 aromatic rings. The molecular weight excluding hydrogens is 306 g/mol. The minimum Gasteiger partial charge on any atom is -0.478 e. The van der Waals surface area contributed by atoms with E-state index in [2.05, 4.69) is 74.5 Å². The van der Waals surface area contributed by atoms with Crippen molar-refractivity contribution in [2.45, 2.75) is 57.4 Å². The predicted octanol–water partition coefficient (Wildman–Crippen LogP) is 5.78. The van der Waals surface area contributed by atoms with Crippen molar-refractivity contribution in [2.75, 3.05) is 6.61 Å². The van der Waals surface area contributed by atoms with Gasteiger partial charge in [0, 0.05) is 0 Å². The Labute approximate surface area is 152 Å². The molecule has 0 bridgehead atoms. The predicted molar refractivity (Wildman–Crippen MR) is 105 cm³/mol. The molecule has 0 aromatic heterocycles. The zero-order chi connectivity index (χ0) is 17.5. The summed E-state index contributed by atoms with van der Waals surface area (Å²) < 4.78 is 5.96. The topological polar surface area (TPSA) is 21.6 Å². The summed E-state index contributed by atoms with van der Waals surface area (Å²) >= 11 is 0. The number of hydrogen-bond donors (Lipinski definition) is 0. The van der Waals surface area contributed by atoms with E-state index in [-0.39, 0.29) is 5.54 Å². The highest BCUT2D eigenvalue weighted by atomic mass is 16.5. The van der Waals surface area contributed by atoms with Crippen LogP contribution in [-0.2, 0) is 11.2 Å². The summed E-state index contributed by atoms with van der Waals surface area (Å²) in [7, 11) is 0. The van der Waals surface area contributed by atoms with E-state index in [1.165, 1.54) is 36.8 Å². The maximum atomic E-state index is 5.96. The number of benzene rings is 2. The molecule has 1 atom stereocenters. The molecule has 0 saturated carbocycles. The summed E-state index contributed by atoms with van der Waals surface area (Å²) in [5.41, 5.74) is 2.67. The summed E-state index contributed by atoms with van der Waals surface area (Å²) in [6, 6.07) is 21.5. The zero-order valence-corrected chi connectivity index (χ0v) is 15.4. The van der Waals surface area contributed by atoms with Gasteiger partial charge in [0.05, 0.1) is 11.5 Å². The van der Waals surface area contributed by atoms with Gasteiger partial charge in [-0.15, -0.1) is 0 Å². The Bertz CT molecular complexity index is 676. The average molecular weight is 335 g/mol. The van der Waals surface area contributed by atoms with Gasteiger partial charge in [-0.1, -0.05) is 73.5 Å². The Morgan fingerprint density at radius 2 is 1.60 bits per heavy atom. The number of aliphatic imine (C=N–C) groups is 1. The van der Waals surface area contributed by atoms with Gasteiger partial charge in [-0.2, -0.15) is 0 Å². The largest absolute Gasteiger partial charge is 0.478 e. The van der Waals surface area contributed by atoms with Crippen molar-refractivity contribution < 1.29 is 4.74 Å². The molecule has 25 heavy (non-hydrogen) atoms. The SMILES string of the molecule is CC1(C)COC(C(CCCCCc2ccccc2)c2ccccc2)=N1. The Hall–Kier alpha value is -2.09. The van der Waals surface area contributed by atoms with E-state index in [9.17, 15) is 0 Å². The third-order valence-corrected chi connectivity index (χ3v) is 4.79. The summed E-state index contributed by atoms with van der Waals surface area (Å²) in [4.78, 5) is 4.84. The number of hydrogen-bond acceptors (Lipinski definition) is 2. The maximum Gasteiger partial charge on any atom is 0.191 e. The fourth-order valence-corrected chi connectivity index (χ4v) is 3.41. The van der Waals surface area contributed by atoms with E-state index in [4.69, 9.17) is 9.73 Å². The van der Waals surface area contributed by atoms with E-state index >= 15 is 0 Å². The first kappa shape index (κ1) is 17.7. The Kier molecular flexibility index (Phi) is 5.91. The van der Waals surface area contributed by atoms with Crippen molar-refractivity contribution in [3.63, 3.8) is 0 Å². The molecule has 0 N–H and O–H groups in total. The molecule has 3 rings (SSSR count). The van der Waals surface area contributed by atoms with E-state index < -0.39 is 0 Å². The van der Waals surface area contributed by atoms with Crippen LogP contribution in [0, 0.1) is 0 Å². The second-order valence-electron chi connectivity index (χ2n) is 7.60. The van der Waals surface area contributed by atoms with E-state index in [0.717, 1.165) is 12.3 Å². The molecule has 2 nitrogen and oxygen atoms in total. The molecule has 0 aliphatic carbocycles. The monoisotopic (exact) mass is 335 g/mol. The van der Waals surface area contributed by atoms with Crippen LogP contribution in [0.3, 0.4) is 0 Å². The summed E-state index contributed by atoms with van der Waals surface area (Å²) in [5, 5.41) is 0. The highest BCUT2D eigenvalue weighted by molar-refractivity contribution is 5.85. The van der Waals surface area contributed by atoms with Gasteiger partial charge >= 0.3 is 0 Å². The van der Waals surface area contributed by atoms with Gasteiger partial charge in [0.25, 0.3) is 0 Å². The van der Waals surface area contributed by atoms with Gasteiger partial charge in [0.1, 0.15) is 6.61 Å². The van der Waals surface area contributed by atoms with E-state index in [1.807, 2.05) is 0 Å². The van der Waals surface area contributed by atoms with Crippen molar-refractivity contribution >= 4 is 5.90 Å². The minimum atomic E-state index is -0.0876. The number of unbranched alkanes of at least 4 members (excludes halogenated alkanes) is 2. The van der Waals surface area contributed by atoms with Crippen LogP contribution < -0.4 is 0 Å². The first-order chi connectivity index (χ1) is 12.1. The third-order valence-electron chi connectivity index (χ3n) is 4.79. The molecule has 2 heteroatoms. The number of rotatable bonds is 8. The molecule has 1 heterocycles. The van der Waals surface area contributed by atoms with E-state index in [0.29, 0.717) is 12.5 Å². The standard InChI is InChI=1S/C23H29NO/c1-23(2)18-25-22(24-23)21(20-15-9-5-10-16-20)17-11-4-8-14-19-12-6-3-7-13-19/h3,5-7,9-10,12-13,15-16,21H,4,8,11,14,17-18H2,1-2H3. The van der Waals surface area contributed by atoms with Crippen LogP contribution in [0.4, 0.5) is 0 Å². The van der Waals surface area contributed by atoms with Crippen molar-refractivity contribution in [1.82, 2.24) is 0 Å². The van der Waals surface area contributed by atoms with Crippen molar-refractivity contribution in [3.05, 3.63) is 71.8 Å². The lowest BCUT2D eigenvalue weighted by molar-refractivity contribution is 0.269. The maximum absolute atomic E-state index is 5.96. The molecule has 0 saturated heterocycles. The van der Waals surface area contributed by atoms with Gasteiger partial charge in [-0.05, 0) is 44.2 Å². The van der Waals surface area contributed by atoms with Crippen LogP contribution in [-0.4, -0.2) is 18.0 Å². The second kappa shape index (κ2) is 8.33. The van der Waals surface area contributed by atoms with Crippen LogP contribution in [0.5, 0.6) is 0 Å². The first-order valence-corrected chi connectivity index (χ1v) is 9.45. The molecule has 1 aliphatic rings. The van der Waals surface area contributed by atoms with Crippen molar-refractivity contribution in [2.24, 2.45) is 4.99 Å². The Morgan fingerprint density at radius 3 is 2.24 bits per heavy atom. The highest BCUT2D eigenvalue weighted by Crippen LogP contribution is 2.30. The van der Waals surface area contributed by atoms with Gasteiger partial charge in [0.2, 0.25) is 0 Å². The van der Waals surface area contributed by atoms with Gasteiger partial charge < -0.3 is 4.74 Å². The summed E-state index contributed by atoms with van der Waals surface area (Å²) in [5.74, 6) is 1.22. The third kappa shape index (κ3) is 5.19. The molecule has 0 amide bonds. The summed E-state index contributed by atoms with van der Waals surface area (Å²) in [6.45, 7) is 4.98. The van der Waals surface area contributed by atoms with E-state index in [1.54, 1.807) is 0 Å². The fraction of sp³-hybridized carbons (Fsp3) is 0.435. The lowest BCUT2D eigenvalue weighted by Gasteiger charge is -2.17. The van der Waals surface area contributed by atoms with Gasteiger partial charge in [0.15, 0.2) is 5.90 Å². The Morgan fingerprint density at radius 1 is 0.920 bits per heavy atom.